The van der Waals surface area contributed by atoms with Crippen molar-refractivity contribution in [3.63, 3.8) is 0 Å². The Hall–Kier alpha value is -5.45. The molecular weight excluding hydrogens is 579 g/mol. The molecule has 8 aromatic rings. The van der Waals surface area contributed by atoms with E-state index < -0.39 is 0 Å². The fourth-order valence-electron chi connectivity index (χ4n) is 7.08. The summed E-state index contributed by atoms with van der Waals surface area (Å²) in [6.45, 7) is 4.59. The number of hydrogen-bond donors (Lipinski definition) is 0. The number of hydrogen-bond acceptors (Lipinski definition) is 4. The Bertz CT molecular complexity index is 2420. The van der Waals surface area contributed by atoms with Crippen LogP contribution in [0, 0.1) is 0 Å². The molecule has 0 N–H and O–H groups in total. The summed E-state index contributed by atoms with van der Waals surface area (Å²) in [6.07, 6.45) is 3.69. The maximum atomic E-state index is 5.33. The van der Waals surface area contributed by atoms with Gasteiger partial charge in [-0.15, -0.1) is 11.3 Å². The second-order valence-electron chi connectivity index (χ2n) is 12.5. The van der Waals surface area contributed by atoms with Crippen LogP contribution < -0.4 is 0 Å². The van der Waals surface area contributed by atoms with Gasteiger partial charge in [0.05, 0.1) is 11.4 Å². The lowest BCUT2D eigenvalue weighted by Gasteiger charge is -2.24. The SMILES string of the molecule is CC1(C)c2ccccc2-c2nc(-c3ccc(-c4cccnc4)cc3)nc(-c3ccc(-c4cccc5c4sc4ccccc45)cc3)c21. The third-order valence-corrected chi connectivity index (χ3v) is 10.6. The van der Waals surface area contributed by atoms with Crippen molar-refractivity contribution >= 4 is 31.5 Å². The van der Waals surface area contributed by atoms with Crippen molar-refractivity contribution in [2.45, 2.75) is 19.3 Å². The highest BCUT2D eigenvalue weighted by atomic mass is 32.1. The van der Waals surface area contributed by atoms with Crippen molar-refractivity contribution in [2.75, 3.05) is 0 Å². The Kier molecular flexibility index (Phi) is 6.02. The predicted octanol–water partition coefficient (Wildman–Crippen LogP) is 11.2. The molecule has 4 heteroatoms. The lowest BCUT2D eigenvalue weighted by atomic mass is 9.80. The molecular formula is C42H29N3S. The first kappa shape index (κ1) is 26.9. The lowest BCUT2D eigenvalue weighted by molar-refractivity contribution is 0.658. The van der Waals surface area contributed by atoms with E-state index in [9.17, 15) is 0 Å². The standard InChI is InChI=1S/C42H29N3S/c1-42(2)35-14-5-3-11-34(35)39-37(42)38(44-41(45-39)29-22-16-26(17-23-29)30-9-8-24-43-25-30)28-20-18-27(19-21-28)31-12-7-13-33-32-10-4-6-15-36(32)46-40(31)33/h3-25H,1-2H3. The number of nitrogens with zero attached hydrogens (tertiary/aromatic N) is 3. The van der Waals surface area contributed by atoms with E-state index in [-0.39, 0.29) is 5.41 Å². The van der Waals surface area contributed by atoms with Crippen LogP contribution in [0.5, 0.6) is 0 Å². The van der Waals surface area contributed by atoms with Crippen LogP contribution in [0.3, 0.4) is 0 Å². The average molecular weight is 608 g/mol. The van der Waals surface area contributed by atoms with Gasteiger partial charge in [0, 0.05) is 60.2 Å². The molecule has 0 amide bonds. The molecule has 0 saturated carbocycles. The molecule has 46 heavy (non-hydrogen) atoms. The number of thiophene rings is 1. The Labute approximate surface area is 271 Å². The smallest absolute Gasteiger partial charge is 0.160 e. The van der Waals surface area contributed by atoms with Crippen molar-refractivity contribution < 1.29 is 0 Å². The highest BCUT2D eigenvalue weighted by Gasteiger charge is 2.40. The molecule has 0 atom stereocenters. The summed E-state index contributed by atoms with van der Waals surface area (Å²) >= 11 is 1.87. The molecule has 9 rings (SSSR count). The Morgan fingerprint density at radius 2 is 1.20 bits per heavy atom. The summed E-state index contributed by atoms with van der Waals surface area (Å²) in [5, 5.41) is 2.63. The number of aromatic nitrogens is 3. The number of rotatable bonds is 4. The maximum absolute atomic E-state index is 5.33. The Balaban J connectivity index is 1.19. The predicted molar refractivity (Wildman–Crippen MR) is 192 cm³/mol. The molecule has 0 bridgehead atoms. The first-order valence-corrected chi connectivity index (χ1v) is 16.4. The molecule has 0 unspecified atom stereocenters. The fraction of sp³-hybridized carbons (Fsp3) is 0.0714. The van der Waals surface area contributed by atoms with Crippen LogP contribution in [0.4, 0.5) is 0 Å². The van der Waals surface area contributed by atoms with Crippen molar-refractivity contribution in [3.8, 4) is 56.2 Å². The molecule has 0 aliphatic heterocycles. The summed E-state index contributed by atoms with van der Waals surface area (Å²) in [5.74, 6) is 0.734. The Morgan fingerprint density at radius 1 is 0.522 bits per heavy atom. The average Bonchev–Trinajstić information content (AvgIpc) is 3.61. The summed E-state index contributed by atoms with van der Waals surface area (Å²) in [7, 11) is 0. The van der Waals surface area contributed by atoms with E-state index in [1.165, 1.54) is 48.0 Å². The van der Waals surface area contributed by atoms with E-state index in [2.05, 4.69) is 140 Å². The highest BCUT2D eigenvalue weighted by molar-refractivity contribution is 7.26. The molecule has 0 radical (unpaired) electrons. The molecule has 0 fully saturated rings. The topological polar surface area (TPSA) is 38.7 Å². The van der Waals surface area contributed by atoms with Crippen LogP contribution in [0.25, 0.3) is 76.3 Å². The van der Waals surface area contributed by atoms with E-state index in [0.29, 0.717) is 0 Å². The first-order chi connectivity index (χ1) is 22.6. The highest BCUT2D eigenvalue weighted by Crippen LogP contribution is 2.51. The minimum absolute atomic E-state index is 0.231. The van der Waals surface area contributed by atoms with E-state index >= 15 is 0 Å². The van der Waals surface area contributed by atoms with E-state index in [4.69, 9.17) is 9.97 Å². The number of fused-ring (bicyclic) bond motifs is 6. The van der Waals surface area contributed by atoms with Crippen LogP contribution in [-0.2, 0) is 5.41 Å². The fourth-order valence-corrected chi connectivity index (χ4v) is 8.32. The first-order valence-electron chi connectivity index (χ1n) is 15.6. The zero-order valence-corrected chi connectivity index (χ0v) is 26.3. The minimum atomic E-state index is -0.231. The zero-order chi connectivity index (χ0) is 30.8. The second-order valence-corrected chi connectivity index (χ2v) is 13.5. The third-order valence-electron chi connectivity index (χ3n) is 9.40. The minimum Gasteiger partial charge on any atom is -0.264 e. The van der Waals surface area contributed by atoms with Crippen LogP contribution in [0.1, 0.15) is 25.0 Å². The maximum Gasteiger partial charge on any atom is 0.160 e. The second kappa shape index (κ2) is 10.3. The number of benzene rings is 5. The van der Waals surface area contributed by atoms with Gasteiger partial charge in [-0.2, -0.15) is 0 Å². The van der Waals surface area contributed by atoms with Gasteiger partial charge in [0.25, 0.3) is 0 Å². The van der Waals surface area contributed by atoms with Crippen molar-refractivity contribution in [3.05, 3.63) is 151 Å². The molecule has 0 spiro atoms. The van der Waals surface area contributed by atoms with Gasteiger partial charge in [-0.1, -0.05) is 129 Å². The molecule has 3 heterocycles. The molecule has 1 aliphatic carbocycles. The quantitative estimate of drug-likeness (QED) is 0.200. The summed E-state index contributed by atoms with van der Waals surface area (Å²) in [5.41, 5.74) is 12.2. The molecule has 5 aromatic carbocycles. The summed E-state index contributed by atoms with van der Waals surface area (Å²) in [6, 6.07) is 45.5. The van der Waals surface area contributed by atoms with Gasteiger partial charge in [-0.05, 0) is 39.9 Å². The van der Waals surface area contributed by atoms with Crippen LogP contribution in [-0.4, -0.2) is 15.0 Å². The molecule has 0 saturated heterocycles. The van der Waals surface area contributed by atoms with E-state index in [1.54, 1.807) is 6.20 Å². The van der Waals surface area contributed by atoms with Crippen LogP contribution >= 0.6 is 11.3 Å². The largest absolute Gasteiger partial charge is 0.264 e. The van der Waals surface area contributed by atoms with Crippen LogP contribution in [0.15, 0.2) is 140 Å². The zero-order valence-electron chi connectivity index (χ0n) is 25.5. The van der Waals surface area contributed by atoms with Gasteiger partial charge in [0.1, 0.15) is 0 Å². The van der Waals surface area contributed by atoms with E-state index in [0.717, 1.165) is 39.5 Å². The van der Waals surface area contributed by atoms with Gasteiger partial charge in [0.15, 0.2) is 5.82 Å². The molecule has 3 aromatic heterocycles. The molecule has 3 nitrogen and oxygen atoms in total. The normalized spacial score (nSPS) is 13.2. The van der Waals surface area contributed by atoms with Gasteiger partial charge in [0.2, 0.25) is 0 Å². The van der Waals surface area contributed by atoms with Crippen molar-refractivity contribution in [2.24, 2.45) is 0 Å². The third kappa shape index (κ3) is 4.14. The molecule has 1 aliphatic rings. The van der Waals surface area contributed by atoms with Crippen molar-refractivity contribution in [1.29, 1.82) is 0 Å². The summed E-state index contributed by atoms with van der Waals surface area (Å²) < 4.78 is 2.65. The van der Waals surface area contributed by atoms with Gasteiger partial charge >= 0.3 is 0 Å². The lowest BCUT2D eigenvalue weighted by Crippen LogP contribution is -2.17. The summed E-state index contributed by atoms with van der Waals surface area (Å²) in [4.78, 5) is 14.9. The van der Waals surface area contributed by atoms with Gasteiger partial charge in [-0.25, -0.2) is 9.97 Å². The van der Waals surface area contributed by atoms with Gasteiger partial charge in [-0.3, -0.25) is 4.98 Å². The monoisotopic (exact) mass is 607 g/mol. The van der Waals surface area contributed by atoms with Gasteiger partial charge < -0.3 is 0 Å². The van der Waals surface area contributed by atoms with Crippen LogP contribution in [0.2, 0.25) is 0 Å². The Morgan fingerprint density at radius 3 is 2.02 bits per heavy atom. The van der Waals surface area contributed by atoms with Crippen molar-refractivity contribution in [1.82, 2.24) is 15.0 Å². The van der Waals surface area contributed by atoms with E-state index in [1.807, 2.05) is 23.6 Å². The number of pyridine rings is 1. The molecule has 218 valence electrons.